The third-order valence-corrected chi connectivity index (χ3v) is 4.76. The van der Waals surface area contributed by atoms with E-state index in [9.17, 15) is 0 Å². The Morgan fingerprint density at radius 1 is 1.20 bits per heavy atom. The summed E-state index contributed by atoms with van der Waals surface area (Å²) < 4.78 is 0. The van der Waals surface area contributed by atoms with Crippen molar-refractivity contribution in [2.45, 2.75) is 50.6 Å². The zero-order valence-electron chi connectivity index (χ0n) is 9.87. The molecule has 15 heavy (non-hydrogen) atoms. The van der Waals surface area contributed by atoms with Gasteiger partial charge in [-0.15, -0.1) is 11.8 Å². The quantitative estimate of drug-likeness (QED) is 0.746. The van der Waals surface area contributed by atoms with Gasteiger partial charge in [0.25, 0.3) is 0 Å². The Labute approximate surface area is 98.2 Å². The molecule has 1 unspecified atom stereocenters. The van der Waals surface area contributed by atoms with Crippen molar-refractivity contribution < 1.29 is 0 Å². The van der Waals surface area contributed by atoms with Crippen molar-refractivity contribution in [1.29, 1.82) is 0 Å². The van der Waals surface area contributed by atoms with Crippen molar-refractivity contribution in [1.82, 2.24) is 10.2 Å². The summed E-state index contributed by atoms with van der Waals surface area (Å²) in [6, 6.07) is 1.60. The SMILES string of the molecule is CN(CC1CSCN1)C1CCCCCC1. The molecule has 2 rings (SSSR count). The van der Waals surface area contributed by atoms with Crippen molar-refractivity contribution in [3.8, 4) is 0 Å². The summed E-state index contributed by atoms with van der Waals surface area (Å²) in [5, 5.41) is 3.56. The maximum Gasteiger partial charge on any atom is 0.0421 e. The molecule has 0 bridgehead atoms. The van der Waals surface area contributed by atoms with Gasteiger partial charge in [-0.3, -0.25) is 0 Å². The van der Waals surface area contributed by atoms with Gasteiger partial charge < -0.3 is 10.2 Å². The van der Waals surface area contributed by atoms with Gasteiger partial charge in [-0.05, 0) is 19.9 Å². The van der Waals surface area contributed by atoms with Crippen LogP contribution in [0.15, 0.2) is 0 Å². The number of thioether (sulfide) groups is 1. The molecule has 0 spiro atoms. The molecule has 2 aliphatic rings. The van der Waals surface area contributed by atoms with Gasteiger partial charge in [-0.25, -0.2) is 0 Å². The second-order valence-electron chi connectivity index (χ2n) is 5.00. The van der Waals surface area contributed by atoms with Crippen LogP contribution < -0.4 is 5.32 Å². The van der Waals surface area contributed by atoms with E-state index in [0.29, 0.717) is 0 Å². The zero-order chi connectivity index (χ0) is 10.5. The number of likely N-dealkylation sites (N-methyl/N-ethyl adjacent to an activating group) is 1. The van der Waals surface area contributed by atoms with Gasteiger partial charge in [0.2, 0.25) is 0 Å². The van der Waals surface area contributed by atoms with E-state index in [0.717, 1.165) is 18.0 Å². The Morgan fingerprint density at radius 3 is 2.53 bits per heavy atom. The minimum absolute atomic E-state index is 0.739. The third kappa shape index (κ3) is 3.65. The first kappa shape index (κ1) is 11.7. The van der Waals surface area contributed by atoms with E-state index in [1.54, 1.807) is 0 Å². The second-order valence-corrected chi connectivity index (χ2v) is 6.03. The normalized spacial score (nSPS) is 29.6. The van der Waals surface area contributed by atoms with Crippen LogP contribution >= 0.6 is 11.8 Å². The smallest absolute Gasteiger partial charge is 0.0421 e. The van der Waals surface area contributed by atoms with Gasteiger partial charge >= 0.3 is 0 Å². The Morgan fingerprint density at radius 2 is 1.93 bits per heavy atom. The van der Waals surface area contributed by atoms with Crippen LogP contribution in [0.25, 0.3) is 0 Å². The second kappa shape index (κ2) is 6.12. The van der Waals surface area contributed by atoms with Gasteiger partial charge in [0.1, 0.15) is 0 Å². The molecule has 0 aromatic rings. The first-order valence-electron chi connectivity index (χ1n) is 6.37. The highest BCUT2D eigenvalue weighted by molar-refractivity contribution is 7.99. The average Bonchev–Trinajstić information content (AvgIpc) is 2.58. The fourth-order valence-corrected chi connectivity index (χ4v) is 3.73. The summed E-state index contributed by atoms with van der Waals surface area (Å²) in [4.78, 5) is 2.61. The highest BCUT2D eigenvalue weighted by Gasteiger charge is 2.21. The topological polar surface area (TPSA) is 15.3 Å². The lowest BCUT2D eigenvalue weighted by molar-refractivity contribution is 0.207. The van der Waals surface area contributed by atoms with Crippen LogP contribution in [-0.4, -0.2) is 42.2 Å². The van der Waals surface area contributed by atoms with Crippen LogP contribution in [0.1, 0.15) is 38.5 Å². The molecule has 0 aromatic carbocycles. The molecule has 3 heteroatoms. The van der Waals surface area contributed by atoms with Crippen molar-refractivity contribution in [2.24, 2.45) is 0 Å². The first-order valence-corrected chi connectivity index (χ1v) is 7.53. The summed E-state index contributed by atoms with van der Waals surface area (Å²) in [5.74, 6) is 2.46. The van der Waals surface area contributed by atoms with Crippen molar-refractivity contribution in [3.63, 3.8) is 0 Å². The monoisotopic (exact) mass is 228 g/mol. The van der Waals surface area contributed by atoms with Gasteiger partial charge in [0.15, 0.2) is 0 Å². The highest BCUT2D eigenvalue weighted by atomic mass is 32.2. The number of hydrogen-bond donors (Lipinski definition) is 1. The lowest BCUT2D eigenvalue weighted by atomic mass is 10.1. The molecule has 88 valence electrons. The molecule has 1 saturated heterocycles. The predicted molar refractivity (Wildman–Crippen MR) is 68.4 cm³/mol. The van der Waals surface area contributed by atoms with Gasteiger partial charge in [-0.1, -0.05) is 25.7 Å². The van der Waals surface area contributed by atoms with E-state index >= 15 is 0 Å². The molecule has 0 radical (unpaired) electrons. The standard InChI is InChI=1S/C12H24N2S/c1-14(8-11-9-15-10-13-11)12-6-4-2-3-5-7-12/h11-13H,2-10H2,1H3. The van der Waals surface area contributed by atoms with Crippen LogP contribution in [0.5, 0.6) is 0 Å². The fourth-order valence-electron chi connectivity index (χ4n) is 2.75. The third-order valence-electron chi connectivity index (χ3n) is 3.75. The molecular weight excluding hydrogens is 204 g/mol. The largest absolute Gasteiger partial charge is 0.303 e. The molecule has 1 saturated carbocycles. The molecule has 0 amide bonds. The Balaban J connectivity index is 1.74. The summed E-state index contributed by atoms with van der Waals surface area (Å²) in [6.07, 6.45) is 8.67. The first-order chi connectivity index (χ1) is 7.36. The maximum atomic E-state index is 3.56. The number of nitrogens with one attached hydrogen (secondary N) is 1. The Bertz CT molecular complexity index is 172. The summed E-state index contributed by atoms with van der Waals surface area (Å²) >= 11 is 2.04. The molecule has 1 N–H and O–H groups in total. The van der Waals surface area contributed by atoms with Crippen LogP contribution in [0.4, 0.5) is 0 Å². The zero-order valence-corrected chi connectivity index (χ0v) is 10.7. The Hall–Kier alpha value is 0.270. The minimum Gasteiger partial charge on any atom is -0.303 e. The van der Waals surface area contributed by atoms with Crippen LogP contribution in [0.3, 0.4) is 0 Å². The van der Waals surface area contributed by atoms with Crippen LogP contribution in [0, 0.1) is 0 Å². The molecule has 1 heterocycles. The fraction of sp³-hybridized carbons (Fsp3) is 1.00. The van der Waals surface area contributed by atoms with Gasteiger partial charge in [0.05, 0.1) is 0 Å². The average molecular weight is 228 g/mol. The van der Waals surface area contributed by atoms with E-state index in [1.807, 2.05) is 11.8 Å². The van der Waals surface area contributed by atoms with E-state index in [-0.39, 0.29) is 0 Å². The van der Waals surface area contributed by atoms with Crippen LogP contribution in [-0.2, 0) is 0 Å². The van der Waals surface area contributed by atoms with Crippen molar-refractivity contribution in [2.75, 3.05) is 25.2 Å². The number of hydrogen-bond acceptors (Lipinski definition) is 3. The van der Waals surface area contributed by atoms with Gasteiger partial charge in [0, 0.05) is 30.3 Å². The molecule has 2 nitrogen and oxygen atoms in total. The maximum absolute atomic E-state index is 3.56. The summed E-state index contributed by atoms with van der Waals surface area (Å²) in [7, 11) is 2.32. The lowest BCUT2D eigenvalue weighted by Crippen LogP contribution is -2.41. The molecule has 2 fully saturated rings. The van der Waals surface area contributed by atoms with E-state index in [1.165, 1.54) is 50.8 Å². The number of nitrogens with zero attached hydrogens (tertiary/aromatic N) is 1. The summed E-state index contributed by atoms with van der Waals surface area (Å²) in [5.41, 5.74) is 0. The number of rotatable bonds is 3. The highest BCUT2D eigenvalue weighted by Crippen LogP contribution is 2.21. The van der Waals surface area contributed by atoms with E-state index < -0.39 is 0 Å². The van der Waals surface area contributed by atoms with Crippen molar-refractivity contribution >= 4 is 11.8 Å². The molecule has 1 aliphatic carbocycles. The molecule has 1 aliphatic heterocycles. The molecular formula is C12H24N2S. The Kier molecular flexibility index (Phi) is 4.79. The van der Waals surface area contributed by atoms with Gasteiger partial charge in [-0.2, -0.15) is 0 Å². The van der Waals surface area contributed by atoms with Crippen LogP contribution in [0.2, 0.25) is 0 Å². The molecule has 1 atom stereocenters. The predicted octanol–water partition coefficient (Wildman–Crippen LogP) is 2.30. The van der Waals surface area contributed by atoms with Crippen molar-refractivity contribution in [3.05, 3.63) is 0 Å². The minimum atomic E-state index is 0.739. The lowest BCUT2D eigenvalue weighted by Gasteiger charge is -2.29. The van der Waals surface area contributed by atoms with E-state index in [4.69, 9.17) is 0 Å². The molecule has 0 aromatic heterocycles. The van der Waals surface area contributed by atoms with E-state index in [2.05, 4.69) is 17.3 Å². The summed E-state index contributed by atoms with van der Waals surface area (Å²) in [6.45, 7) is 1.25.